The topological polar surface area (TPSA) is 69.7 Å². The van der Waals surface area contributed by atoms with E-state index >= 15 is 0 Å². The van der Waals surface area contributed by atoms with Crippen LogP contribution in [-0.4, -0.2) is 54.7 Å². The number of likely N-dealkylation sites (N-methyl/N-ethyl adjacent to an activating group) is 1. The van der Waals surface area contributed by atoms with E-state index in [1.807, 2.05) is 49.3 Å². The number of carbonyl (C=O) groups is 3. The molecule has 0 aliphatic carbocycles. The largest absolute Gasteiger partial charge is 0.348 e. The van der Waals surface area contributed by atoms with Crippen molar-refractivity contribution < 1.29 is 14.4 Å². The molecule has 0 radical (unpaired) electrons. The normalized spacial score (nSPS) is 14.4. The fraction of sp³-hybridized carbons (Fsp3) is 0.286. The Balaban J connectivity index is 1.62. The predicted octanol–water partition coefficient (Wildman–Crippen LogP) is 2.09. The van der Waals surface area contributed by atoms with Crippen molar-refractivity contribution >= 4 is 17.7 Å². The van der Waals surface area contributed by atoms with Gasteiger partial charge in [0.15, 0.2) is 0 Å². The standard InChI is InChI=1S/C21H23N3O3/c1-23(2)14-18(15-8-4-3-5-9-15)22-19(25)12-13-24-20(26)16-10-6-7-11-17(16)21(24)27/h3-11,18H,12-14H2,1-2H3,(H,22,25)/t18-/m0/s1. The highest BCUT2D eigenvalue weighted by atomic mass is 16.2. The molecule has 3 rings (SSSR count). The van der Waals surface area contributed by atoms with E-state index < -0.39 is 0 Å². The first-order valence-electron chi connectivity index (χ1n) is 8.91. The van der Waals surface area contributed by atoms with Crippen LogP contribution in [0, 0.1) is 0 Å². The maximum absolute atomic E-state index is 12.5. The molecule has 2 aromatic carbocycles. The Kier molecular flexibility index (Phi) is 5.66. The van der Waals surface area contributed by atoms with Crippen LogP contribution in [0.5, 0.6) is 0 Å². The zero-order chi connectivity index (χ0) is 19.4. The molecule has 1 N–H and O–H groups in total. The SMILES string of the molecule is CN(C)C[C@H](NC(=O)CCN1C(=O)c2ccccc2C1=O)c1ccccc1. The average molecular weight is 365 g/mol. The Hall–Kier alpha value is -2.99. The molecule has 0 unspecified atom stereocenters. The van der Waals surface area contributed by atoms with Crippen molar-refractivity contribution in [1.82, 2.24) is 15.1 Å². The second-order valence-corrected chi connectivity index (χ2v) is 6.85. The first kappa shape index (κ1) is 18.8. The van der Waals surface area contributed by atoms with Gasteiger partial charge in [0, 0.05) is 19.5 Å². The van der Waals surface area contributed by atoms with E-state index in [9.17, 15) is 14.4 Å². The van der Waals surface area contributed by atoms with E-state index in [4.69, 9.17) is 0 Å². The second-order valence-electron chi connectivity index (χ2n) is 6.85. The monoisotopic (exact) mass is 365 g/mol. The molecule has 0 spiro atoms. The fourth-order valence-electron chi connectivity index (χ4n) is 3.21. The lowest BCUT2D eigenvalue weighted by Gasteiger charge is -2.23. The van der Waals surface area contributed by atoms with E-state index in [0.717, 1.165) is 10.5 Å². The minimum Gasteiger partial charge on any atom is -0.348 e. The van der Waals surface area contributed by atoms with Crippen LogP contribution in [0.3, 0.4) is 0 Å². The van der Waals surface area contributed by atoms with E-state index in [-0.39, 0.29) is 36.7 Å². The van der Waals surface area contributed by atoms with E-state index in [1.54, 1.807) is 24.3 Å². The van der Waals surface area contributed by atoms with Gasteiger partial charge in [-0.05, 0) is 31.8 Å². The highest BCUT2D eigenvalue weighted by Gasteiger charge is 2.35. The average Bonchev–Trinajstić information content (AvgIpc) is 2.91. The van der Waals surface area contributed by atoms with Crippen LogP contribution < -0.4 is 5.32 Å². The van der Waals surface area contributed by atoms with Crippen molar-refractivity contribution in [3.05, 3.63) is 71.3 Å². The molecule has 1 heterocycles. The van der Waals surface area contributed by atoms with Crippen LogP contribution in [0.15, 0.2) is 54.6 Å². The third-order valence-electron chi connectivity index (χ3n) is 4.53. The van der Waals surface area contributed by atoms with Gasteiger partial charge < -0.3 is 10.2 Å². The molecule has 3 amide bonds. The molecule has 0 saturated heterocycles. The summed E-state index contributed by atoms with van der Waals surface area (Å²) in [7, 11) is 3.89. The van der Waals surface area contributed by atoms with E-state index in [1.165, 1.54) is 0 Å². The van der Waals surface area contributed by atoms with Gasteiger partial charge in [0.2, 0.25) is 5.91 Å². The van der Waals surface area contributed by atoms with Gasteiger partial charge in [0.1, 0.15) is 0 Å². The number of imide groups is 1. The van der Waals surface area contributed by atoms with Gasteiger partial charge in [-0.3, -0.25) is 19.3 Å². The number of rotatable bonds is 7. The van der Waals surface area contributed by atoms with E-state index in [0.29, 0.717) is 17.7 Å². The van der Waals surface area contributed by atoms with Crippen molar-refractivity contribution in [1.29, 1.82) is 0 Å². The maximum atomic E-state index is 12.5. The summed E-state index contributed by atoms with van der Waals surface area (Å²) in [5, 5.41) is 3.01. The van der Waals surface area contributed by atoms with Crippen LogP contribution in [0.25, 0.3) is 0 Å². The van der Waals surface area contributed by atoms with Gasteiger partial charge in [0.05, 0.1) is 17.2 Å². The van der Waals surface area contributed by atoms with Gasteiger partial charge in [0.25, 0.3) is 11.8 Å². The van der Waals surface area contributed by atoms with Crippen LogP contribution in [0.1, 0.15) is 38.7 Å². The third-order valence-corrected chi connectivity index (χ3v) is 4.53. The third kappa shape index (κ3) is 4.23. The molecule has 1 aliphatic rings. The van der Waals surface area contributed by atoms with Gasteiger partial charge in [-0.25, -0.2) is 0 Å². The number of carbonyl (C=O) groups excluding carboxylic acids is 3. The van der Waals surface area contributed by atoms with Crippen molar-refractivity contribution in [3.63, 3.8) is 0 Å². The van der Waals surface area contributed by atoms with Crippen molar-refractivity contribution in [2.75, 3.05) is 27.2 Å². The number of hydrogen-bond donors (Lipinski definition) is 1. The summed E-state index contributed by atoms with van der Waals surface area (Å²) in [6.45, 7) is 0.727. The Labute approximate surface area is 158 Å². The molecule has 6 nitrogen and oxygen atoms in total. The zero-order valence-electron chi connectivity index (χ0n) is 15.5. The Morgan fingerprint density at radius 1 is 0.963 bits per heavy atom. The number of fused-ring (bicyclic) bond motifs is 1. The van der Waals surface area contributed by atoms with Crippen LogP contribution in [0.2, 0.25) is 0 Å². The van der Waals surface area contributed by atoms with Crippen LogP contribution in [-0.2, 0) is 4.79 Å². The van der Waals surface area contributed by atoms with Crippen LogP contribution in [0.4, 0.5) is 0 Å². The molecule has 6 heteroatoms. The van der Waals surface area contributed by atoms with Crippen LogP contribution >= 0.6 is 0 Å². The van der Waals surface area contributed by atoms with Gasteiger partial charge in [-0.15, -0.1) is 0 Å². The number of nitrogens with one attached hydrogen (secondary N) is 1. The summed E-state index contributed by atoms with van der Waals surface area (Å²) < 4.78 is 0. The molecule has 27 heavy (non-hydrogen) atoms. The Morgan fingerprint density at radius 2 is 1.52 bits per heavy atom. The first-order chi connectivity index (χ1) is 13.0. The molecule has 0 saturated carbocycles. The number of benzene rings is 2. The molecule has 1 atom stereocenters. The summed E-state index contributed by atoms with van der Waals surface area (Å²) in [6.07, 6.45) is 0.0717. The molecular weight excluding hydrogens is 342 g/mol. The smallest absolute Gasteiger partial charge is 0.261 e. The molecule has 2 aromatic rings. The van der Waals surface area contributed by atoms with Crippen molar-refractivity contribution in [2.45, 2.75) is 12.5 Å². The fourth-order valence-corrected chi connectivity index (χ4v) is 3.21. The van der Waals surface area contributed by atoms with Gasteiger partial charge >= 0.3 is 0 Å². The lowest BCUT2D eigenvalue weighted by atomic mass is 10.1. The highest BCUT2D eigenvalue weighted by Crippen LogP contribution is 2.22. The summed E-state index contributed by atoms with van der Waals surface area (Å²) in [6, 6.07) is 16.3. The molecule has 0 aromatic heterocycles. The van der Waals surface area contributed by atoms with E-state index in [2.05, 4.69) is 5.32 Å². The summed E-state index contributed by atoms with van der Waals surface area (Å²) in [5.74, 6) is -0.866. The van der Waals surface area contributed by atoms with Crippen molar-refractivity contribution in [3.8, 4) is 0 Å². The number of nitrogens with zero attached hydrogens (tertiary/aromatic N) is 2. The molecule has 140 valence electrons. The number of hydrogen-bond acceptors (Lipinski definition) is 4. The highest BCUT2D eigenvalue weighted by molar-refractivity contribution is 6.21. The Morgan fingerprint density at radius 3 is 2.07 bits per heavy atom. The summed E-state index contributed by atoms with van der Waals surface area (Å²) in [4.78, 5) is 40.4. The zero-order valence-corrected chi connectivity index (χ0v) is 15.5. The van der Waals surface area contributed by atoms with Gasteiger partial charge in [-0.2, -0.15) is 0 Å². The predicted molar refractivity (Wildman–Crippen MR) is 102 cm³/mol. The quantitative estimate of drug-likeness (QED) is 0.763. The molecule has 0 bridgehead atoms. The minimum atomic E-state index is -0.337. The van der Waals surface area contributed by atoms with Gasteiger partial charge in [-0.1, -0.05) is 42.5 Å². The lowest BCUT2D eigenvalue weighted by Crippen LogP contribution is -2.38. The lowest BCUT2D eigenvalue weighted by molar-refractivity contribution is -0.122. The van der Waals surface area contributed by atoms with Crippen molar-refractivity contribution in [2.24, 2.45) is 0 Å². The summed E-state index contributed by atoms with van der Waals surface area (Å²) >= 11 is 0. The minimum absolute atomic E-state index is 0.0711. The second kappa shape index (κ2) is 8.14. The number of amides is 3. The molecule has 1 aliphatic heterocycles. The molecule has 0 fully saturated rings. The summed E-state index contributed by atoms with van der Waals surface area (Å²) in [5.41, 5.74) is 1.82. The first-order valence-corrected chi connectivity index (χ1v) is 8.91. The maximum Gasteiger partial charge on any atom is 0.261 e. The Bertz CT molecular complexity index is 814. The molecular formula is C21H23N3O3.